The summed E-state index contributed by atoms with van der Waals surface area (Å²) in [5, 5.41) is 21.5. The second kappa shape index (κ2) is 11.1. The largest absolute Gasteiger partial charge is 0.351 e. The summed E-state index contributed by atoms with van der Waals surface area (Å²) in [5.74, 6) is -4.54. The zero-order valence-corrected chi connectivity index (χ0v) is 21.6. The first-order valence-electron chi connectivity index (χ1n) is 12.8. The van der Waals surface area contributed by atoms with Crippen molar-refractivity contribution in [1.82, 2.24) is 15.3 Å². The molecule has 0 bridgehead atoms. The molecule has 1 saturated carbocycles. The maximum absolute atomic E-state index is 14.4. The van der Waals surface area contributed by atoms with Gasteiger partial charge in [-0.25, -0.2) is 13.8 Å². The van der Waals surface area contributed by atoms with Crippen molar-refractivity contribution < 1.29 is 23.2 Å². The number of carbonyl (C=O) groups excluding carboxylic acids is 3. The van der Waals surface area contributed by atoms with Crippen LogP contribution in [-0.4, -0.2) is 45.7 Å². The van der Waals surface area contributed by atoms with E-state index in [0.717, 1.165) is 4.90 Å². The minimum atomic E-state index is -2.88. The highest BCUT2D eigenvalue weighted by Crippen LogP contribution is 2.39. The van der Waals surface area contributed by atoms with Gasteiger partial charge in [0.2, 0.25) is 11.8 Å². The number of alkyl halides is 2. The molecule has 1 N–H and O–H groups in total. The van der Waals surface area contributed by atoms with Crippen molar-refractivity contribution in [2.45, 2.75) is 49.7 Å². The summed E-state index contributed by atoms with van der Waals surface area (Å²) in [6.07, 6.45) is 3.03. The highest BCUT2D eigenvalue weighted by atomic mass is 19.3. The van der Waals surface area contributed by atoms with Gasteiger partial charge in [-0.3, -0.25) is 29.2 Å². The van der Waals surface area contributed by atoms with Crippen molar-refractivity contribution in [3.8, 4) is 12.1 Å². The van der Waals surface area contributed by atoms with Crippen molar-refractivity contribution in [2.24, 2.45) is 0 Å². The number of rotatable bonds is 7. The Morgan fingerprint density at radius 2 is 1.80 bits per heavy atom. The van der Waals surface area contributed by atoms with Crippen molar-refractivity contribution in [3.63, 3.8) is 0 Å². The van der Waals surface area contributed by atoms with Crippen LogP contribution in [0, 0.1) is 22.7 Å². The number of pyridine rings is 2. The summed E-state index contributed by atoms with van der Waals surface area (Å²) in [4.78, 5) is 51.9. The molecule has 1 aromatic carbocycles. The van der Waals surface area contributed by atoms with Gasteiger partial charge in [-0.2, -0.15) is 10.5 Å². The third kappa shape index (κ3) is 5.58. The van der Waals surface area contributed by atoms with Gasteiger partial charge < -0.3 is 5.32 Å². The Hall–Kier alpha value is -5.23. The van der Waals surface area contributed by atoms with Crippen molar-refractivity contribution >= 4 is 29.2 Å². The Bertz CT molecular complexity index is 1580. The Labute approximate surface area is 233 Å². The molecule has 1 aliphatic carbocycles. The van der Waals surface area contributed by atoms with Gasteiger partial charge in [0, 0.05) is 37.7 Å². The lowest BCUT2D eigenvalue weighted by Crippen LogP contribution is -2.56. The van der Waals surface area contributed by atoms with Crippen LogP contribution in [0.2, 0.25) is 0 Å². The van der Waals surface area contributed by atoms with E-state index in [1.807, 2.05) is 12.1 Å². The topological polar surface area (TPSA) is 143 Å². The fourth-order valence-corrected chi connectivity index (χ4v) is 5.11. The van der Waals surface area contributed by atoms with E-state index >= 15 is 0 Å². The highest BCUT2D eigenvalue weighted by Gasteiger charge is 2.48. The monoisotopic (exact) mass is 555 g/mol. The molecule has 41 heavy (non-hydrogen) atoms. The molecule has 0 radical (unpaired) electrons. The van der Waals surface area contributed by atoms with E-state index < -0.39 is 54.6 Å². The van der Waals surface area contributed by atoms with E-state index in [0.29, 0.717) is 5.56 Å². The lowest BCUT2D eigenvalue weighted by Gasteiger charge is -2.39. The molecule has 3 aromatic rings. The van der Waals surface area contributed by atoms with Crippen LogP contribution < -0.4 is 15.1 Å². The standard InChI is InChI=1S/C29H23F2N7O3/c30-29(31)12-21(13-29)36-27(40)26(20-4-2-1-3-5-20)37(22-10-19(15-33)16-34-17-22)28(41)23-6-7-25(39)38(23)24-11-18(14-32)8-9-35-24/h1-5,8-11,16-17,21,23,26H,6-7,12-13H2,(H,36,40)/t23?,26-/m0/s1. The Morgan fingerprint density at radius 3 is 2.49 bits per heavy atom. The molecule has 2 aliphatic rings. The molecule has 10 nitrogen and oxygen atoms in total. The van der Waals surface area contributed by atoms with Gasteiger partial charge in [-0.05, 0) is 30.2 Å². The summed E-state index contributed by atoms with van der Waals surface area (Å²) in [5.41, 5.74) is 0.846. The predicted octanol–water partition coefficient (Wildman–Crippen LogP) is 3.40. The fraction of sp³-hybridized carbons (Fsp3) is 0.276. The fourth-order valence-electron chi connectivity index (χ4n) is 5.11. The zero-order chi connectivity index (χ0) is 29.1. The number of halogens is 2. The molecule has 2 fully saturated rings. The van der Waals surface area contributed by atoms with Crippen LogP contribution in [0.25, 0.3) is 0 Å². The van der Waals surface area contributed by atoms with Gasteiger partial charge in [-0.15, -0.1) is 0 Å². The minimum Gasteiger partial charge on any atom is -0.351 e. The number of amides is 3. The smallest absolute Gasteiger partial charge is 0.252 e. The van der Waals surface area contributed by atoms with Crippen LogP contribution in [0.5, 0.6) is 0 Å². The first kappa shape index (κ1) is 27.3. The third-order valence-electron chi connectivity index (χ3n) is 7.05. The van der Waals surface area contributed by atoms with E-state index in [9.17, 15) is 33.7 Å². The van der Waals surface area contributed by atoms with Crippen LogP contribution in [0.15, 0.2) is 67.1 Å². The van der Waals surface area contributed by atoms with Crippen LogP contribution in [-0.2, 0) is 14.4 Å². The van der Waals surface area contributed by atoms with E-state index in [2.05, 4.69) is 15.3 Å². The molecule has 12 heteroatoms. The van der Waals surface area contributed by atoms with Gasteiger partial charge in [0.25, 0.3) is 11.8 Å². The SMILES string of the molecule is N#Cc1cncc(N(C(=O)C2CCC(=O)N2c2cc(C#N)ccn2)[C@H](C(=O)NC2CC(F)(F)C2)c2ccccc2)c1. The second-order valence-electron chi connectivity index (χ2n) is 9.87. The first-order valence-corrected chi connectivity index (χ1v) is 12.8. The second-order valence-corrected chi connectivity index (χ2v) is 9.87. The Balaban J connectivity index is 1.60. The molecule has 5 rings (SSSR count). The van der Waals surface area contributed by atoms with Gasteiger partial charge in [0.05, 0.1) is 29.1 Å². The number of carbonyl (C=O) groups is 3. The number of nitrogens with zero attached hydrogens (tertiary/aromatic N) is 6. The predicted molar refractivity (Wildman–Crippen MR) is 141 cm³/mol. The molecule has 206 valence electrons. The molecule has 0 spiro atoms. The summed E-state index contributed by atoms with van der Waals surface area (Å²) >= 11 is 0. The maximum atomic E-state index is 14.4. The lowest BCUT2D eigenvalue weighted by molar-refractivity contribution is -0.133. The van der Waals surface area contributed by atoms with Gasteiger partial charge in [0.15, 0.2) is 0 Å². The van der Waals surface area contributed by atoms with Crippen LogP contribution >= 0.6 is 0 Å². The van der Waals surface area contributed by atoms with Gasteiger partial charge in [0.1, 0.15) is 24.0 Å². The lowest BCUT2D eigenvalue weighted by atomic mass is 9.87. The Morgan fingerprint density at radius 1 is 1.07 bits per heavy atom. The minimum absolute atomic E-state index is 0.0125. The summed E-state index contributed by atoms with van der Waals surface area (Å²) in [6, 6.07) is 13.3. The highest BCUT2D eigenvalue weighted by molar-refractivity contribution is 6.10. The summed E-state index contributed by atoms with van der Waals surface area (Å²) in [7, 11) is 0. The third-order valence-corrected chi connectivity index (χ3v) is 7.05. The molecule has 2 atom stereocenters. The molecule has 3 heterocycles. The average Bonchev–Trinajstić information content (AvgIpc) is 3.36. The zero-order valence-electron chi connectivity index (χ0n) is 21.6. The van der Waals surface area contributed by atoms with E-state index in [1.54, 1.807) is 30.3 Å². The van der Waals surface area contributed by atoms with Crippen LogP contribution in [0.4, 0.5) is 20.3 Å². The number of aromatic nitrogens is 2. The molecular formula is C29H23F2N7O3. The van der Waals surface area contributed by atoms with Gasteiger partial charge >= 0.3 is 0 Å². The first-order chi connectivity index (χ1) is 19.7. The number of nitriles is 2. The number of benzene rings is 1. The number of anilines is 2. The van der Waals surface area contributed by atoms with Crippen molar-refractivity contribution in [3.05, 3.63) is 83.8 Å². The summed E-state index contributed by atoms with van der Waals surface area (Å²) < 4.78 is 27.2. The average molecular weight is 556 g/mol. The Kier molecular flexibility index (Phi) is 7.40. The quantitative estimate of drug-likeness (QED) is 0.471. The molecule has 1 unspecified atom stereocenters. The molecule has 1 aliphatic heterocycles. The number of hydrogen-bond acceptors (Lipinski definition) is 7. The van der Waals surface area contributed by atoms with Crippen molar-refractivity contribution in [2.75, 3.05) is 9.80 Å². The van der Waals surface area contributed by atoms with Crippen molar-refractivity contribution in [1.29, 1.82) is 10.5 Å². The van der Waals surface area contributed by atoms with Crippen LogP contribution in [0.3, 0.4) is 0 Å². The summed E-state index contributed by atoms with van der Waals surface area (Å²) in [6.45, 7) is 0. The van der Waals surface area contributed by atoms with Gasteiger partial charge in [-0.1, -0.05) is 30.3 Å². The number of hydrogen-bond donors (Lipinski definition) is 1. The van der Waals surface area contributed by atoms with E-state index in [1.165, 1.54) is 41.7 Å². The maximum Gasteiger partial charge on any atom is 0.252 e. The normalized spacial score (nSPS) is 18.5. The molecule has 1 saturated heterocycles. The van der Waals surface area contributed by atoms with E-state index in [-0.39, 0.29) is 35.5 Å². The molecule has 3 amide bonds. The molecular weight excluding hydrogens is 532 g/mol. The molecule has 2 aromatic heterocycles. The number of nitrogens with one attached hydrogen (secondary N) is 1. The van der Waals surface area contributed by atoms with Crippen LogP contribution in [0.1, 0.15) is 48.4 Å². The van der Waals surface area contributed by atoms with E-state index in [4.69, 9.17) is 0 Å².